The Labute approximate surface area is 118 Å². The van der Waals surface area contributed by atoms with Crippen molar-refractivity contribution in [3.8, 4) is 0 Å². The van der Waals surface area contributed by atoms with Crippen molar-refractivity contribution in [2.45, 2.75) is 44.8 Å². The highest BCUT2D eigenvalue weighted by Crippen LogP contribution is 2.34. The van der Waals surface area contributed by atoms with Crippen molar-refractivity contribution >= 4 is 0 Å². The Bertz CT molecular complexity index is 424. The SMILES string of the molecule is CNC(Cc1ccc(C(F)(F)F)cc1)C1CCC(C)C1. The van der Waals surface area contributed by atoms with E-state index in [0.29, 0.717) is 12.0 Å². The van der Waals surface area contributed by atoms with Crippen LogP contribution >= 0.6 is 0 Å². The monoisotopic (exact) mass is 285 g/mol. The molecule has 1 fully saturated rings. The summed E-state index contributed by atoms with van der Waals surface area (Å²) in [6, 6.07) is 5.92. The maximum absolute atomic E-state index is 12.5. The maximum atomic E-state index is 12.5. The van der Waals surface area contributed by atoms with Crippen LogP contribution in [0.1, 0.15) is 37.3 Å². The smallest absolute Gasteiger partial charge is 0.316 e. The lowest BCUT2D eigenvalue weighted by molar-refractivity contribution is -0.137. The summed E-state index contributed by atoms with van der Waals surface area (Å²) in [5.41, 5.74) is 0.397. The van der Waals surface area contributed by atoms with Gasteiger partial charge in [0.2, 0.25) is 0 Å². The third-order valence-corrected chi connectivity index (χ3v) is 4.41. The largest absolute Gasteiger partial charge is 0.416 e. The molecule has 1 aromatic rings. The maximum Gasteiger partial charge on any atom is 0.416 e. The Morgan fingerprint density at radius 2 is 1.85 bits per heavy atom. The highest BCUT2D eigenvalue weighted by molar-refractivity contribution is 5.25. The quantitative estimate of drug-likeness (QED) is 0.871. The van der Waals surface area contributed by atoms with Crippen LogP contribution < -0.4 is 5.32 Å². The number of hydrogen-bond donors (Lipinski definition) is 1. The Balaban J connectivity index is 2.01. The molecule has 1 aliphatic rings. The number of rotatable bonds is 4. The lowest BCUT2D eigenvalue weighted by Gasteiger charge is -2.23. The van der Waals surface area contributed by atoms with Crippen LogP contribution in [0.3, 0.4) is 0 Å². The van der Waals surface area contributed by atoms with E-state index in [0.717, 1.165) is 17.9 Å². The summed E-state index contributed by atoms with van der Waals surface area (Å²) in [6.07, 6.45) is 0.239. The van der Waals surface area contributed by atoms with Crippen LogP contribution in [0.5, 0.6) is 0 Å². The normalized spacial score (nSPS) is 24.9. The van der Waals surface area contributed by atoms with Gasteiger partial charge in [-0.15, -0.1) is 0 Å². The molecule has 0 heterocycles. The average Bonchev–Trinajstić information content (AvgIpc) is 2.82. The van der Waals surface area contributed by atoms with E-state index >= 15 is 0 Å². The second-order valence-electron chi connectivity index (χ2n) is 5.97. The first-order chi connectivity index (χ1) is 9.40. The van der Waals surface area contributed by atoms with Crippen LogP contribution in [0.15, 0.2) is 24.3 Å². The molecule has 3 unspecified atom stereocenters. The fourth-order valence-corrected chi connectivity index (χ4v) is 3.20. The zero-order valence-electron chi connectivity index (χ0n) is 12.0. The van der Waals surface area contributed by atoms with Crippen molar-refractivity contribution in [1.29, 1.82) is 0 Å². The highest BCUT2D eigenvalue weighted by Gasteiger charge is 2.31. The van der Waals surface area contributed by atoms with Crippen LogP contribution in [0.2, 0.25) is 0 Å². The van der Waals surface area contributed by atoms with Gasteiger partial charge in [-0.1, -0.05) is 25.5 Å². The second-order valence-corrected chi connectivity index (χ2v) is 5.97. The first-order valence-corrected chi connectivity index (χ1v) is 7.23. The molecule has 0 aromatic heterocycles. The predicted molar refractivity (Wildman–Crippen MR) is 74.5 cm³/mol. The van der Waals surface area contributed by atoms with Gasteiger partial charge in [0.1, 0.15) is 0 Å². The zero-order chi connectivity index (χ0) is 14.8. The van der Waals surface area contributed by atoms with Crippen molar-refractivity contribution < 1.29 is 13.2 Å². The summed E-state index contributed by atoms with van der Waals surface area (Å²) < 4.78 is 37.6. The molecule has 0 spiro atoms. The fraction of sp³-hybridized carbons (Fsp3) is 0.625. The van der Waals surface area contributed by atoms with Crippen LogP contribution in [-0.4, -0.2) is 13.1 Å². The Kier molecular flexibility index (Phi) is 4.74. The standard InChI is InChI=1S/C16H22F3N/c1-11-3-6-13(9-11)15(20-2)10-12-4-7-14(8-5-12)16(17,18)19/h4-5,7-8,11,13,15,20H,3,6,9-10H2,1-2H3. The van der Waals surface area contributed by atoms with E-state index in [4.69, 9.17) is 0 Å². The summed E-state index contributed by atoms with van der Waals surface area (Å²) in [6.45, 7) is 2.27. The van der Waals surface area contributed by atoms with E-state index in [1.807, 2.05) is 7.05 Å². The van der Waals surface area contributed by atoms with Crippen LogP contribution in [0, 0.1) is 11.8 Å². The van der Waals surface area contributed by atoms with Gasteiger partial charge in [-0.3, -0.25) is 0 Å². The molecule has 0 amide bonds. The van der Waals surface area contributed by atoms with Crippen molar-refractivity contribution in [2.24, 2.45) is 11.8 Å². The Morgan fingerprint density at radius 3 is 2.30 bits per heavy atom. The highest BCUT2D eigenvalue weighted by atomic mass is 19.4. The topological polar surface area (TPSA) is 12.0 Å². The molecular formula is C16H22F3N. The van der Waals surface area contributed by atoms with E-state index in [2.05, 4.69) is 12.2 Å². The van der Waals surface area contributed by atoms with Gasteiger partial charge in [0.05, 0.1) is 5.56 Å². The van der Waals surface area contributed by atoms with Crippen molar-refractivity contribution in [3.63, 3.8) is 0 Å². The summed E-state index contributed by atoms with van der Waals surface area (Å²) in [7, 11) is 1.94. The van der Waals surface area contributed by atoms with E-state index in [9.17, 15) is 13.2 Å². The minimum Gasteiger partial charge on any atom is -0.316 e. The van der Waals surface area contributed by atoms with Crippen molar-refractivity contribution in [2.75, 3.05) is 7.05 Å². The molecule has 4 heteroatoms. The zero-order valence-corrected chi connectivity index (χ0v) is 12.0. The Hall–Kier alpha value is -1.03. The summed E-state index contributed by atoms with van der Waals surface area (Å²) in [5, 5.41) is 3.34. The third-order valence-electron chi connectivity index (χ3n) is 4.41. The molecule has 0 saturated heterocycles. The number of nitrogens with one attached hydrogen (secondary N) is 1. The minimum absolute atomic E-state index is 0.358. The number of alkyl halides is 3. The van der Waals surface area contributed by atoms with Crippen molar-refractivity contribution in [3.05, 3.63) is 35.4 Å². The minimum atomic E-state index is -4.25. The first-order valence-electron chi connectivity index (χ1n) is 7.23. The van der Waals surface area contributed by atoms with Crippen molar-refractivity contribution in [1.82, 2.24) is 5.32 Å². The molecule has 1 saturated carbocycles. The second kappa shape index (κ2) is 6.17. The third kappa shape index (κ3) is 3.75. The molecule has 2 rings (SSSR count). The van der Waals surface area contributed by atoms with Gasteiger partial charge in [0, 0.05) is 6.04 Å². The molecule has 0 bridgehead atoms. The van der Waals surface area contributed by atoms with Gasteiger partial charge in [0.15, 0.2) is 0 Å². The van der Waals surface area contributed by atoms with Crippen LogP contribution in [0.4, 0.5) is 13.2 Å². The molecule has 1 N–H and O–H groups in total. The van der Waals surface area contributed by atoms with E-state index < -0.39 is 11.7 Å². The number of hydrogen-bond acceptors (Lipinski definition) is 1. The lowest BCUT2D eigenvalue weighted by atomic mass is 9.91. The first kappa shape index (κ1) is 15.4. The van der Waals surface area contributed by atoms with Gasteiger partial charge in [-0.2, -0.15) is 13.2 Å². The summed E-state index contributed by atoms with van der Waals surface area (Å²) in [5.74, 6) is 1.40. The molecule has 20 heavy (non-hydrogen) atoms. The van der Waals surface area contributed by atoms with Gasteiger partial charge in [-0.05, 0) is 55.8 Å². The van der Waals surface area contributed by atoms with Gasteiger partial charge in [-0.25, -0.2) is 0 Å². The van der Waals surface area contributed by atoms with Gasteiger partial charge in [0.25, 0.3) is 0 Å². The number of likely N-dealkylation sites (N-methyl/N-ethyl adjacent to an activating group) is 1. The fourth-order valence-electron chi connectivity index (χ4n) is 3.20. The lowest BCUT2D eigenvalue weighted by Crippen LogP contribution is -2.34. The molecule has 3 atom stereocenters. The van der Waals surface area contributed by atoms with Crippen LogP contribution in [0.25, 0.3) is 0 Å². The average molecular weight is 285 g/mol. The van der Waals surface area contributed by atoms with Crippen LogP contribution in [-0.2, 0) is 12.6 Å². The van der Waals surface area contributed by atoms with Gasteiger partial charge >= 0.3 is 6.18 Å². The molecule has 0 aliphatic heterocycles. The van der Waals surface area contributed by atoms with E-state index in [1.54, 1.807) is 12.1 Å². The van der Waals surface area contributed by atoms with Gasteiger partial charge < -0.3 is 5.32 Å². The number of halogens is 3. The summed E-state index contributed by atoms with van der Waals surface area (Å²) >= 11 is 0. The molecule has 1 aromatic carbocycles. The Morgan fingerprint density at radius 1 is 1.20 bits per heavy atom. The van der Waals surface area contributed by atoms with E-state index in [-0.39, 0.29) is 0 Å². The molecule has 1 aliphatic carbocycles. The molecular weight excluding hydrogens is 263 g/mol. The van der Waals surface area contributed by atoms with E-state index in [1.165, 1.54) is 31.4 Å². The number of benzene rings is 1. The predicted octanol–water partition coefficient (Wildman–Crippen LogP) is 4.27. The molecule has 0 radical (unpaired) electrons. The summed E-state index contributed by atoms with van der Waals surface area (Å²) in [4.78, 5) is 0. The molecule has 1 nitrogen and oxygen atoms in total. The molecule has 112 valence electrons.